The molecular weight excluding hydrogens is 256 g/mol. The van der Waals surface area contributed by atoms with Gasteiger partial charge in [-0.1, -0.05) is 31.4 Å². The first-order valence-corrected chi connectivity index (χ1v) is 6.95. The molecule has 0 spiro atoms. The number of nitrogens with two attached hydrogens (primary N) is 1. The van der Waals surface area contributed by atoms with E-state index < -0.39 is 4.92 Å². The predicted octanol–water partition coefficient (Wildman–Crippen LogP) is 2.33. The van der Waals surface area contributed by atoms with Crippen molar-refractivity contribution in [3.8, 4) is 0 Å². The van der Waals surface area contributed by atoms with Gasteiger partial charge in [0.25, 0.3) is 5.69 Å². The lowest BCUT2D eigenvalue weighted by Crippen LogP contribution is -2.41. The summed E-state index contributed by atoms with van der Waals surface area (Å²) in [5.74, 6) is 0.454. The molecule has 0 aromatic heterocycles. The molecule has 20 heavy (non-hydrogen) atoms. The minimum atomic E-state index is -0.411. The first-order chi connectivity index (χ1) is 9.65. The van der Waals surface area contributed by atoms with Gasteiger partial charge in [-0.15, -0.1) is 0 Å². The quantitative estimate of drug-likeness (QED) is 0.382. The summed E-state index contributed by atoms with van der Waals surface area (Å²) in [6.45, 7) is 0.434. The van der Waals surface area contributed by atoms with E-state index >= 15 is 0 Å². The Morgan fingerprint density at radius 2 is 1.95 bits per heavy atom. The molecule has 6 nitrogen and oxygen atoms in total. The number of benzene rings is 1. The van der Waals surface area contributed by atoms with Crippen molar-refractivity contribution >= 4 is 11.6 Å². The summed E-state index contributed by atoms with van der Waals surface area (Å²) in [5.41, 5.74) is 6.86. The van der Waals surface area contributed by atoms with Crippen molar-refractivity contribution in [3.63, 3.8) is 0 Å². The second kappa shape index (κ2) is 6.88. The number of nitro benzene ring substituents is 1. The van der Waals surface area contributed by atoms with E-state index in [4.69, 9.17) is 5.73 Å². The van der Waals surface area contributed by atoms with Crippen molar-refractivity contribution in [3.05, 3.63) is 39.9 Å². The molecule has 0 heterocycles. The zero-order valence-electron chi connectivity index (χ0n) is 11.4. The fraction of sp³-hybridized carbons (Fsp3) is 0.500. The third-order valence-corrected chi connectivity index (χ3v) is 3.54. The highest BCUT2D eigenvalue weighted by Crippen LogP contribution is 2.17. The number of aliphatic imine (C=N–C) groups is 1. The smallest absolute Gasteiger partial charge is 0.269 e. The van der Waals surface area contributed by atoms with Crippen LogP contribution < -0.4 is 11.1 Å². The Hall–Kier alpha value is -2.11. The largest absolute Gasteiger partial charge is 0.370 e. The van der Waals surface area contributed by atoms with Crippen LogP contribution in [-0.4, -0.2) is 16.9 Å². The van der Waals surface area contributed by atoms with Crippen LogP contribution in [0.3, 0.4) is 0 Å². The van der Waals surface area contributed by atoms with Crippen molar-refractivity contribution < 1.29 is 4.92 Å². The maximum atomic E-state index is 10.5. The number of guanidine groups is 1. The van der Waals surface area contributed by atoms with E-state index in [9.17, 15) is 10.1 Å². The summed E-state index contributed by atoms with van der Waals surface area (Å²) >= 11 is 0. The Kier molecular flexibility index (Phi) is 4.92. The maximum absolute atomic E-state index is 10.5. The van der Waals surface area contributed by atoms with E-state index in [-0.39, 0.29) is 5.69 Å². The summed E-state index contributed by atoms with van der Waals surface area (Å²) in [4.78, 5) is 14.4. The average molecular weight is 276 g/mol. The molecule has 0 aliphatic heterocycles. The molecule has 0 amide bonds. The van der Waals surface area contributed by atoms with Gasteiger partial charge in [-0.25, -0.2) is 4.99 Å². The molecular formula is C14H20N4O2. The summed E-state index contributed by atoms with van der Waals surface area (Å²) in [5, 5.41) is 13.8. The summed E-state index contributed by atoms with van der Waals surface area (Å²) in [6.07, 6.45) is 6.08. The van der Waals surface area contributed by atoms with Crippen LogP contribution in [0.25, 0.3) is 0 Å². The van der Waals surface area contributed by atoms with E-state index in [0.29, 0.717) is 18.5 Å². The zero-order valence-corrected chi connectivity index (χ0v) is 11.4. The highest BCUT2D eigenvalue weighted by atomic mass is 16.6. The zero-order chi connectivity index (χ0) is 14.4. The Bertz CT molecular complexity index is 478. The predicted molar refractivity (Wildman–Crippen MR) is 78.4 cm³/mol. The molecule has 6 heteroatoms. The van der Waals surface area contributed by atoms with E-state index in [1.807, 2.05) is 0 Å². The Morgan fingerprint density at radius 1 is 1.30 bits per heavy atom. The van der Waals surface area contributed by atoms with E-state index in [1.165, 1.54) is 31.4 Å². The molecule has 1 aliphatic rings. The van der Waals surface area contributed by atoms with Gasteiger partial charge in [0.15, 0.2) is 5.96 Å². The fourth-order valence-corrected chi connectivity index (χ4v) is 2.40. The number of hydrogen-bond donors (Lipinski definition) is 2. The topological polar surface area (TPSA) is 93.5 Å². The third kappa shape index (κ3) is 4.22. The van der Waals surface area contributed by atoms with Gasteiger partial charge in [-0.05, 0) is 18.4 Å². The van der Waals surface area contributed by atoms with Gasteiger partial charge >= 0.3 is 0 Å². The second-order valence-electron chi connectivity index (χ2n) is 5.10. The van der Waals surface area contributed by atoms with Gasteiger partial charge in [0.1, 0.15) is 0 Å². The third-order valence-electron chi connectivity index (χ3n) is 3.54. The number of rotatable bonds is 4. The average Bonchev–Trinajstić information content (AvgIpc) is 2.46. The van der Waals surface area contributed by atoms with Crippen LogP contribution in [0, 0.1) is 10.1 Å². The van der Waals surface area contributed by atoms with Crippen LogP contribution >= 0.6 is 0 Å². The first-order valence-electron chi connectivity index (χ1n) is 6.95. The van der Waals surface area contributed by atoms with Gasteiger partial charge in [0.2, 0.25) is 0 Å². The summed E-state index contributed by atoms with van der Waals surface area (Å²) in [6, 6.07) is 6.81. The maximum Gasteiger partial charge on any atom is 0.269 e. The van der Waals surface area contributed by atoms with Crippen molar-refractivity contribution in [2.24, 2.45) is 10.7 Å². The molecule has 0 saturated heterocycles. The van der Waals surface area contributed by atoms with Crippen LogP contribution in [0.15, 0.2) is 29.3 Å². The molecule has 3 N–H and O–H groups in total. The normalized spacial score (nSPS) is 16.9. The SMILES string of the molecule is NC(=NCc1ccc([N+](=O)[O-])cc1)NC1CCCCC1. The van der Waals surface area contributed by atoms with Crippen molar-refractivity contribution in [1.82, 2.24) is 5.32 Å². The van der Waals surface area contributed by atoms with E-state index in [2.05, 4.69) is 10.3 Å². The molecule has 0 bridgehead atoms. The molecule has 0 atom stereocenters. The van der Waals surface area contributed by atoms with Crippen molar-refractivity contribution in [2.75, 3.05) is 0 Å². The number of nitrogens with zero attached hydrogens (tertiary/aromatic N) is 2. The molecule has 2 rings (SSSR count). The highest BCUT2D eigenvalue weighted by Gasteiger charge is 2.13. The molecule has 0 unspecified atom stereocenters. The molecule has 1 saturated carbocycles. The number of non-ortho nitro benzene ring substituents is 1. The van der Waals surface area contributed by atoms with Crippen LogP contribution in [0.1, 0.15) is 37.7 Å². The van der Waals surface area contributed by atoms with Gasteiger partial charge < -0.3 is 11.1 Å². The molecule has 1 aliphatic carbocycles. The minimum absolute atomic E-state index is 0.0889. The Balaban J connectivity index is 1.85. The molecule has 1 aromatic rings. The lowest BCUT2D eigenvalue weighted by molar-refractivity contribution is -0.384. The number of nitro groups is 1. The van der Waals surface area contributed by atoms with Gasteiger partial charge in [0, 0.05) is 18.2 Å². The van der Waals surface area contributed by atoms with E-state index in [1.54, 1.807) is 12.1 Å². The van der Waals surface area contributed by atoms with E-state index in [0.717, 1.165) is 18.4 Å². The standard InChI is InChI=1S/C14H20N4O2/c15-14(17-12-4-2-1-3-5-12)16-10-11-6-8-13(9-7-11)18(19)20/h6-9,12H,1-5,10H2,(H3,15,16,17). The monoisotopic (exact) mass is 276 g/mol. The van der Waals surface area contributed by atoms with Crippen LogP contribution in [0.2, 0.25) is 0 Å². The minimum Gasteiger partial charge on any atom is -0.370 e. The lowest BCUT2D eigenvalue weighted by atomic mass is 9.96. The van der Waals surface area contributed by atoms with Crippen molar-refractivity contribution in [1.29, 1.82) is 0 Å². The molecule has 0 radical (unpaired) electrons. The summed E-state index contributed by atoms with van der Waals surface area (Å²) < 4.78 is 0. The van der Waals surface area contributed by atoms with Crippen LogP contribution in [0.5, 0.6) is 0 Å². The van der Waals surface area contributed by atoms with Crippen LogP contribution in [0.4, 0.5) is 5.69 Å². The molecule has 1 aromatic carbocycles. The Labute approximate surface area is 118 Å². The lowest BCUT2D eigenvalue weighted by Gasteiger charge is -2.23. The highest BCUT2D eigenvalue weighted by molar-refractivity contribution is 5.78. The second-order valence-corrected chi connectivity index (χ2v) is 5.10. The van der Waals surface area contributed by atoms with Crippen molar-refractivity contribution in [2.45, 2.75) is 44.7 Å². The number of nitrogens with one attached hydrogen (secondary N) is 1. The van der Waals surface area contributed by atoms with Crippen LogP contribution in [-0.2, 0) is 6.54 Å². The van der Waals surface area contributed by atoms with Gasteiger partial charge in [-0.3, -0.25) is 10.1 Å². The fourth-order valence-electron chi connectivity index (χ4n) is 2.40. The van der Waals surface area contributed by atoms with Gasteiger partial charge in [-0.2, -0.15) is 0 Å². The molecule has 108 valence electrons. The first kappa shape index (κ1) is 14.3. The molecule has 1 fully saturated rings. The summed E-state index contributed by atoms with van der Waals surface area (Å²) in [7, 11) is 0. The number of hydrogen-bond acceptors (Lipinski definition) is 3. The van der Waals surface area contributed by atoms with Gasteiger partial charge in [0.05, 0.1) is 11.5 Å². The Morgan fingerprint density at radius 3 is 2.55 bits per heavy atom.